The molecule has 10 nitrogen and oxygen atoms in total. The van der Waals surface area contributed by atoms with E-state index < -0.39 is 33.7 Å². The Morgan fingerprint density at radius 3 is 2.30 bits per heavy atom. The largest absolute Gasteiger partial charge is 0.497 e. The van der Waals surface area contributed by atoms with Crippen LogP contribution >= 0.6 is 0 Å². The Labute approximate surface area is 158 Å². The zero-order chi connectivity index (χ0) is 20.8. The predicted molar refractivity (Wildman–Crippen MR) is 96.8 cm³/mol. The molecule has 0 atom stereocenters. The van der Waals surface area contributed by atoms with Crippen molar-refractivity contribution in [2.45, 2.75) is 46.4 Å². The van der Waals surface area contributed by atoms with E-state index in [1.54, 1.807) is 27.7 Å². The maximum Gasteiger partial charge on any atom is 0.411 e. The molecule has 27 heavy (non-hydrogen) atoms. The average molecular weight is 404 g/mol. The van der Waals surface area contributed by atoms with Gasteiger partial charge < -0.3 is 14.4 Å². The van der Waals surface area contributed by atoms with E-state index in [1.807, 2.05) is 0 Å². The zero-order valence-corrected chi connectivity index (χ0v) is 16.7. The first kappa shape index (κ1) is 22.6. The summed E-state index contributed by atoms with van der Waals surface area (Å²) in [5.74, 6) is -0.688. The second-order valence-electron chi connectivity index (χ2n) is 6.19. The number of nitro benzene ring substituents is 1. The molecule has 0 bridgehead atoms. The highest BCUT2D eigenvalue weighted by molar-refractivity contribution is 7.86. The summed E-state index contributed by atoms with van der Waals surface area (Å²) in [6.07, 6.45) is -0.792. The van der Waals surface area contributed by atoms with Crippen LogP contribution in [-0.4, -0.2) is 49.5 Å². The Kier molecular flexibility index (Phi) is 7.98. The van der Waals surface area contributed by atoms with Crippen LogP contribution in [0.3, 0.4) is 0 Å². The maximum atomic E-state index is 12.1. The Hall–Kier alpha value is -2.40. The Bertz CT molecular complexity index is 769. The van der Waals surface area contributed by atoms with Crippen LogP contribution in [0.1, 0.15) is 33.3 Å². The molecule has 0 radical (unpaired) electrons. The monoisotopic (exact) mass is 404 g/mol. The minimum atomic E-state index is -4.25. The minimum absolute atomic E-state index is 0.0141. The predicted octanol–water partition coefficient (Wildman–Crippen LogP) is 2.66. The number of nitrogens with zero attached hydrogens (tertiary/aromatic N) is 2. The van der Waals surface area contributed by atoms with Crippen molar-refractivity contribution < 1.29 is 31.8 Å². The second kappa shape index (κ2) is 9.51. The SMILES string of the molecule is COc1ccc([N+](=O)[O-])c(COS(=O)(=O)COC(=O)N(C(C)C)C(C)C)c1. The summed E-state index contributed by atoms with van der Waals surface area (Å²) < 4.78 is 38.5. The van der Waals surface area contributed by atoms with Gasteiger partial charge in [0.2, 0.25) is 5.94 Å². The molecule has 0 aromatic heterocycles. The smallest absolute Gasteiger partial charge is 0.411 e. The summed E-state index contributed by atoms with van der Waals surface area (Å²) >= 11 is 0. The Morgan fingerprint density at radius 1 is 1.22 bits per heavy atom. The number of ether oxygens (including phenoxy) is 2. The molecular weight excluding hydrogens is 380 g/mol. The summed E-state index contributed by atoms with van der Waals surface area (Å²) in [6.45, 7) is 6.50. The van der Waals surface area contributed by atoms with Crippen molar-refractivity contribution in [3.05, 3.63) is 33.9 Å². The fourth-order valence-corrected chi connectivity index (χ4v) is 3.00. The van der Waals surface area contributed by atoms with Gasteiger partial charge in [0, 0.05) is 18.2 Å². The van der Waals surface area contributed by atoms with Gasteiger partial charge in [-0.15, -0.1) is 0 Å². The van der Waals surface area contributed by atoms with Crippen molar-refractivity contribution in [3.63, 3.8) is 0 Å². The van der Waals surface area contributed by atoms with Gasteiger partial charge in [-0.25, -0.2) is 4.79 Å². The number of amides is 1. The number of rotatable bonds is 9. The van der Waals surface area contributed by atoms with Crippen molar-refractivity contribution in [2.24, 2.45) is 0 Å². The standard InChI is InChI=1S/C16H24N2O8S/c1-11(2)17(12(3)4)16(19)25-10-27(22,23)26-9-13-8-14(24-5)6-7-15(13)18(20)21/h6-8,11-12H,9-10H2,1-5H3. The van der Waals surface area contributed by atoms with Gasteiger partial charge in [0.15, 0.2) is 0 Å². The van der Waals surface area contributed by atoms with Crippen LogP contribution in [0.25, 0.3) is 0 Å². The second-order valence-corrected chi connectivity index (χ2v) is 7.78. The first-order valence-electron chi connectivity index (χ1n) is 8.12. The molecule has 152 valence electrons. The topological polar surface area (TPSA) is 125 Å². The lowest BCUT2D eigenvalue weighted by atomic mass is 10.2. The van der Waals surface area contributed by atoms with Crippen LogP contribution in [0, 0.1) is 10.1 Å². The first-order valence-corrected chi connectivity index (χ1v) is 9.69. The van der Waals surface area contributed by atoms with E-state index in [4.69, 9.17) is 13.7 Å². The number of methoxy groups -OCH3 is 1. The molecule has 1 aromatic carbocycles. The first-order chi connectivity index (χ1) is 12.5. The summed E-state index contributed by atoms with van der Waals surface area (Å²) in [5, 5.41) is 11.0. The number of nitro groups is 1. The lowest BCUT2D eigenvalue weighted by molar-refractivity contribution is -0.385. The normalized spacial score (nSPS) is 11.5. The highest BCUT2D eigenvalue weighted by Crippen LogP contribution is 2.25. The van der Waals surface area contributed by atoms with Crippen molar-refractivity contribution in [3.8, 4) is 5.75 Å². The minimum Gasteiger partial charge on any atom is -0.497 e. The van der Waals surface area contributed by atoms with Crippen molar-refractivity contribution in [1.29, 1.82) is 0 Å². The van der Waals surface area contributed by atoms with E-state index in [2.05, 4.69) is 0 Å². The zero-order valence-electron chi connectivity index (χ0n) is 15.9. The van der Waals surface area contributed by atoms with E-state index in [1.165, 1.54) is 30.2 Å². The molecule has 0 saturated carbocycles. The third-order valence-corrected chi connectivity index (χ3v) is 4.41. The third-order valence-electron chi connectivity index (χ3n) is 3.53. The number of carbonyl (C=O) groups excluding carboxylic acids is 1. The van der Waals surface area contributed by atoms with Crippen LogP contribution in [0.4, 0.5) is 10.5 Å². The number of carbonyl (C=O) groups is 1. The van der Waals surface area contributed by atoms with Gasteiger partial charge in [0.1, 0.15) is 5.75 Å². The summed E-state index contributed by atoms with van der Waals surface area (Å²) in [5.41, 5.74) is -0.297. The molecule has 1 amide bonds. The van der Waals surface area contributed by atoms with Gasteiger partial charge in [0.25, 0.3) is 5.69 Å². The molecular formula is C16H24N2O8S. The average Bonchev–Trinajstić information content (AvgIpc) is 2.57. The van der Waals surface area contributed by atoms with Crippen LogP contribution < -0.4 is 4.74 Å². The molecule has 11 heteroatoms. The number of hydrogen-bond donors (Lipinski definition) is 0. The summed E-state index contributed by atoms with van der Waals surface area (Å²) in [6, 6.07) is 3.51. The molecule has 0 aliphatic carbocycles. The van der Waals surface area contributed by atoms with Crippen LogP contribution in [0.15, 0.2) is 18.2 Å². The lowest BCUT2D eigenvalue weighted by Gasteiger charge is -2.29. The number of hydrogen-bond acceptors (Lipinski definition) is 8. The van der Waals surface area contributed by atoms with E-state index in [9.17, 15) is 23.3 Å². The van der Waals surface area contributed by atoms with Gasteiger partial charge in [-0.05, 0) is 39.8 Å². The van der Waals surface area contributed by atoms with Gasteiger partial charge in [-0.3, -0.25) is 14.3 Å². The van der Waals surface area contributed by atoms with E-state index in [-0.39, 0.29) is 23.3 Å². The van der Waals surface area contributed by atoms with E-state index >= 15 is 0 Å². The van der Waals surface area contributed by atoms with Gasteiger partial charge >= 0.3 is 16.2 Å². The molecule has 0 fully saturated rings. The molecule has 0 aliphatic heterocycles. The highest BCUT2D eigenvalue weighted by atomic mass is 32.2. The quantitative estimate of drug-likeness (QED) is 0.349. The Morgan fingerprint density at radius 2 is 1.81 bits per heavy atom. The fraction of sp³-hybridized carbons (Fsp3) is 0.562. The molecule has 0 heterocycles. The fourth-order valence-electron chi connectivity index (χ4n) is 2.38. The van der Waals surface area contributed by atoms with Crippen molar-refractivity contribution in [1.82, 2.24) is 4.90 Å². The van der Waals surface area contributed by atoms with Gasteiger partial charge in [0.05, 0.1) is 24.2 Å². The Balaban J connectivity index is 2.79. The van der Waals surface area contributed by atoms with Crippen molar-refractivity contribution in [2.75, 3.05) is 13.0 Å². The molecule has 0 unspecified atom stereocenters. The molecule has 1 rings (SSSR count). The van der Waals surface area contributed by atoms with E-state index in [0.29, 0.717) is 5.75 Å². The number of benzene rings is 1. The third kappa shape index (κ3) is 6.68. The molecule has 0 aliphatic rings. The molecule has 1 aromatic rings. The van der Waals surface area contributed by atoms with Gasteiger partial charge in [-0.2, -0.15) is 8.42 Å². The van der Waals surface area contributed by atoms with Crippen LogP contribution in [0.5, 0.6) is 5.75 Å². The summed E-state index contributed by atoms with van der Waals surface area (Å²) in [7, 11) is -2.88. The van der Waals surface area contributed by atoms with E-state index in [0.717, 1.165) is 0 Å². The molecule has 0 N–H and O–H groups in total. The van der Waals surface area contributed by atoms with Crippen LogP contribution in [-0.2, 0) is 25.6 Å². The van der Waals surface area contributed by atoms with Crippen molar-refractivity contribution >= 4 is 21.9 Å². The molecule has 0 saturated heterocycles. The summed E-state index contributed by atoms with van der Waals surface area (Å²) in [4.78, 5) is 23.8. The van der Waals surface area contributed by atoms with Gasteiger partial charge in [-0.1, -0.05) is 0 Å². The lowest BCUT2D eigenvalue weighted by Crippen LogP contribution is -2.42. The maximum absolute atomic E-state index is 12.1. The highest BCUT2D eigenvalue weighted by Gasteiger charge is 2.25. The van der Waals surface area contributed by atoms with Crippen LogP contribution in [0.2, 0.25) is 0 Å². The molecule has 0 spiro atoms.